The number of nitrogens with one attached hydrogen (secondary N) is 2. The maximum absolute atomic E-state index is 4.92. The number of aliphatic imine (C=N–C) groups is 1. The van der Waals surface area contributed by atoms with Crippen molar-refractivity contribution in [2.45, 2.75) is 52.7 Å². The molecule has 1 aliphatic rings. The first-order valence-electron chi connectivity index (χ1n) is 12.1. The van der Waals surface area contributed by atoms with E-state index >= 15 is 0 Å². The van der Waals surface area contributed by atoms with Crippen LogP contribution in [-0.4, -0.2) is 46.3 Å². The SMILES string of the molecule is CCNC(=NCc1c(C)nn(-c2ccccc2)c1C)NC1CCN(Cc2ccccc2)CC1.I. The summed E-state index contributed by atoms with van der Waals surface area (Å²) in [7, 11) is 0. The van der Waals surface area contributed by atoms with Crippen LogP contribution < -0.4 is 10.6 Å². The minimum absolute atomic E-state index is 0. The first-order chi connectivity index (χ1) is 16.1. The second-order valence-electron chi connectivity index (χ2n) is 8.77. The summed E-state index contributed by atoms with van der Waals surface area (Å²) in [6.45, 7) is 11.0. The van der Waals surface area contributed by atoms with Gasteiger partial charge in [-0.1, -0.05) is 48.5 Å². The van der Waals surface area contributed by atoms with Gasteiger partial charge in [0, 0.05) is 43.5 Å². The van der Waals surface area contributed by atoms with Crippen molar-refractivity contribution in [1.29, 1.82) is 0 Å². The Hall–Kier alpha value is -2.39. The van der Waals surface area contributed by atoms with Gasteiger partial charge >= 0.3 is 0 Å². The Morgan fingerprint density at radius 1 is 1.00 bits per heavy atom. The van der Waals surface area contributed by atoms with E-state index in [1.54, 1.807) is 0 Å². The molecule has 34 heavy (non-hydrogen) atoms. The van der Waals surface area contributed by atoms with Crippen LogP contribution in [0.2, 0.25) is 0 Å². The average molecular weight is 573 g/mol. The number of halogens is 1. The van der Waals surface area contributed by atoms with Crippen molar-refractivity contribution in [3.8, 4) is 5.69 Å². The van der Waals surface area contributed by atoms with Gasteiger partial charge in [0.05, 0.1) is 17.9 Å². The first-order valence-corrected chi connectivity index (χ1v) is 12.1. The number of likely N-dealkylation sites (tertiary alicyclic amines) is 1. The molecule has 1 aromatic heterocycles. The third-order valence-electron chi connectivity index (χ3n) is 6.36. The van der Waals surface area contributed by atoms with E-state index in [-0.39, 0.29) is 24.0 Å². The second kappa shape index (κ2) is 12.9. The molecule has 7 heteroatoms. The van der Waals surface area contributed by atoms with Crippen molar-refractivity contribution in [2.75, 3.05) is 19.6 Å². The van der Waals surface area contributed by atoms with Crippen LogP contribution in [0.5, 0.6) is 0 Å². The molecule has 1 saturated heterocycles. The molecule has 0 unspecified atom stereocenters. The summed E-state index contributed by atoms with van der Waals surface area (Å²) in [5.41, 5.74) is 5.84. The lowest BCUT2D eigenvalue weighted by Crippen LogP contribution is -2.48. The van der Waals surface area contributed by atoms with Crippen molar-refractivity contribution in [1.82, 2.24) is 25.3 Å². The highest BCUT2D eigenvalue weighted by Crippen LogP contribution is 2.19. The summed E-state index contributed by atoms with van der Waals surface area (Å²) in [6, 6.07) is 21.5. The van der Waals surface area contributed by atoms with Crippen LogP contribution in [0.1, 0.15) is 42.3 Å². The number of para-hydroxylation sites is 1. The number of nitrogens with zero attached hydrogens (tertiary/aromatic N) is 4. The van der Waals surface area contributed by atoms with E-state index in [0.717, 1.165) is 62.1 Å². The van der Waals surface area contributed by atoms with Gasteiger partial charge < -0.3 is 10.6 Å². The number of benzene rings is 2. The molecule has 1 fully saturated rings. The Morgan fingerprint density at radius 2 is 1.65 bits per heavy atom. The Kier molecular flexibility index (Phi) is 9.95. The second-order valence-corrected chi connectivity index (χ2v) is 8.77. The third-order valence-corrected chi connectivity index (χ3v) is 6.36. The maximum atomic E-state index is 4.92. The van der Waals surface area contributed by atoms with Crippen molar-refractivity contribution in [3.63, 3.8) is 0 Å². The minimum atomic E-state index is 0. The smallest absolute Gasteiger partial charge is 0.191 e. The summed E-state index contributed by atoms with van der Waals surface area (Å²) in [4.78, 5) is 7.46. The van der Waals surface area contributed by atoms with Crippen molar-refractivity contribution in [3.05, 3.63) is 83.2 Å². The topological polar surface area (TPSA) is 57.5 Å². The number of hydrogen-bond donors (Lipinski definition) is 2. The molecule has 2 N–H and O–H groups in total. The molecule has 3 aromatic rings. The minimum Gasteiger partial charge on any atom is -0.357 e. The van der Waals surface area contributed by atoms with Crippen molar-refractivity contribution in [2.24, 2.45) is 4.99 Å². The van der Waals surface area contributed by atoms with Gasteiger partial charge in [-0.05, 0) is 51.3 Å². The molecular weight excluding hydrogens is 535 g/mol. The van der Waals surface area contributed by atoms with Crippen LogP contribution in [0.15, 0.2) is 65.7 Å². The number of aromatic nitrogens is 2. The molecule has 0 atom stereocenters. The summed E-state index contributed by atoms with van der Waals surface area (Å²) in [6.07, 6.45) is 2.25. The number of rotatable bonds is 7. The first kappa shape index (κ1) is 26.2. The molecule has 0 bridgehead atoms. The zero-order chi connectivity index (χ0) is 23.0. The number of aryl methyl sites for hydroxylation is 1. The Balaban J connectivity index is 0.00000324. The predicted molar refractivity (Wildman–Crippen MR) is 151 cm³/mol. The fourth-order valence-corrected chi connectivity index (χ4v) is 4.47. The van der Waals surface area contributed by atoms with Gasteiger partial charge in [-0.3, -0.25) is 4.90 Å². The molecule has 0 aliphatic carbocycles. The van der Waals surface area contributed by atoms with Crippen LogP contribution in [0.3, 0.4) is 0 Å². The Morgan fingerprint density at radius 3 is 2.29 bits per heavy atom. The molecule has 0 spiro atoms. The monoisotopic (exact) mass is 572 g/mol. The number of guanidine groups is 1. The highest BCUT2D eigenvalue weighted by atomic mass is 127. The molecule has 0 radical (unpaired) electrons. The van der Waals surface area contributed by atoms with Crippen LogP contribution in [-0.2, 0) is 13.1 Å². The molecule has 2 aromatic carbocycles. The number of hydrogen-bond acceptors (Lipinski definition) is 3. The quantitative estimate of drug-likeness (QED) is 0.242. The summed E-state index contributed by atoms with van der Waals surface area (Å²) < 4.78 is 2.02. The van der Waals surface area contributed by atoms with Gasteiger partial charge in [0.25, 0.3) is 0 Å². The Labute approximate surface area is 220 Å². The average Bonchev–Trinajstić information content (AvgIpc) is 3.13. The molecule has 4 rings (SSSR count). The summed E-state index contributed by atoms with van der Waals surface area (Å²) in [5, 5.41) is 11.9. The molecule has 182 valence electrons. The third kappa shape index (κ3) is 6.82. The molecule has 6 nitrogen and oxygen atoms in total. The fourth-order valence-electron chi connectivity index (χ4n) is 4.47. The van der Waals surface area contributed by atoms with Crippen LogP contribution in [0.25, 0.3) is 5.69 Å². The van der Waals surface area contributed by atoms with Crippen molar-refractivity contribution < 1.29 is 0 Å². The van der Waals surface area contributed by atoms with Crippen LogP contribution in [0.4, 0.5) is 0 Å². The van der Waals surface area contributed by atoms with E-state index in [2.05, 4.69) is 78.8 Å². The maximum Gasteiger partial charge on any atom is 0.191 e. The lowest BCUT2D eigenvalue weighted by Gasteiger charge is -2.33. The zero-order valence-electron chi connectivity index (χ0n) is 20.5. The molecule has 0 saturated carbocycles. The van der Waals surface area contributed by atoms with E-state index in [4.69, 9.17) is 10.1 Å². The summed E-state index contributed by atoms with van der Waals surface area (Å²) >= 11 is 0. The van der Waals surface area contributed by atoms with Gasteiger partial charge in [0.2, 0.25) is 0 Å². The van der Waals surface area contributed by atoms with Gasteiger partial charge in [-0.15, -0.1) is 24.0 Å². The standard InChI is InChI=1S/C27H36N6.HI/c1-4-28-27(30-24-15-17-32(18-16-24)20-23-11-7-5-8-12-23)29-19-26-21(2)31-33(22(26)3)25-13-9-6-10-14-25;/h5-14,24H,4,15-20H2,1-3H3,(H2,28,29,30);1H. The highest BCUT2D eigenvalue weighted by molar-refractivity contribution is 14.0. The summed E-state index contributed by atoms with van der Waals surface area (Å²) in [5.74, 6) is 0.894. The fraction of sp³-hybridized carbons (Fsp3) is 0.407. The zero-order valence-corrected chi connectivity index (χ0v) is 22.8. The molecule has 0 amide bonds. The van der Waals surface area contributed by atoms with E-state index in [1.807, 2.05) is 22.9 Å². The lowest BCUT2D eigenvalue weighted by molar-refractivity contribution is 0.198. The van der Waals surface area contributed by atoms with Crippen LogP contribution in [0, 0.1) is 13.8 Å². The van der Waals surface area contributed by atoms with E-state index in [0.29, 0.717) is 12.6 Å². The molecular formula is C27H37IN6. The van der Waals surface area contributed by atoms with Gasteiger partial charge in [-0.2, -0.15) is 5.10 Å². The highest BCUT2D eigenvalue weighted by Gasteiger charge is 2.20. The van der Waals surface area contributed by atoms with Crippen molar-refractivity contribution >= 4 is 29.9 Å². The van der Waals surface area contributed by atoms with Gasteiger partial charge in [0.15, 0.2) is 5.96 Å². The normalized spacial score (nSPS) is 15.1. The largest absolute Gasteiger partial charge is 0.357 e. The van der Waals surface area contributed by atoms with Gasteiger partial charge in [0.1, 0.15) is 0 Å². The van der Waals surface area contributed by atoms with Gasteiger partial charge in [-0.25, -0.2) is 9.67 Å². The van der Waals surface area contributed by atoms with E-state index in [9.17, 15) is 0 Å². The Bertz CT molecular complexity index is 1040. The van der Waals surface area contributed by atoms with Crippen LogP contribution >= 0.6 is 24.0 Å². The number of piperidine rings is 1. The molecule has 1 aliphatic heterocycles. The van der Waals surface area contributed by atoms with E-state index in [1.165, 1.54) is 11.1 Å². The molecule has 2 heterocycles. The predicted octanol–water partition coefficient (Wildman–Crippen LogP) is 4.83. The van der Waals surface area contributed by atoms with E-state index < -0.39 is 0 Å². The lowest BCUT2D eigenvalue weighted by atomic mass is 10.0.